The summed E-state index contributed by atoms with van der Waals surface area (Å²) >= 11 is 1.52. The molecule has 0 fully saturated rings. The van der Waals surface area contributed by atoms with Crippen molar-refractivity contribution in [3.8, 4) is 5.75 Å². The second-order valence-electron chi connectivity index (χ2n) is 4.48. The van der Waals surface area contributed by atoms with Crippen molar-refractivity contribution in [2.75, 3.05) is 13.7 Å². The lowest BCUT2D eigenvalue weighted by Crippen LogP contribution is -2.01. The van der Waals surface area contributed by atoms with E-state index in [1.54, 1.807) is 7.11 Å². The van der Waals surface area contributed by atoms with E-state index in [0.717, 1.165) is 27.7 Å². The molecule has 0 spiro atoms. The van der Waals surface area contributed by atoms with Gasteiger partial charge >= 0.3 is 0 Å². The van der Waals surface area contributed by atoms with Gasteiger partial charge in [0.2, 0.25) is 0 Å². The minimum absolute atomic E-state index is 0.00902. The third-order valence-corrected chi connectivity index (χ3v) is 3.96. The van der Waals surface area contributed by atoms with Crippen molar-refractivity contribution < 1.29 is 14.6 Å². The second-order valence-corrected chi connectivity index (χ2v) is 5.65. The van der Waals surface area contributed by atoms with Crippen LogP contribution in [0.1, 0.15) is 21.1 Å². The van der Waals surface area contributed by atoms with Crippen molar-refractivity contribution in [2.45, 2.75) is 26.6 Å². The maximum absolute atomic E-state index is 9.28. The highest BCUT2D eigenvalue weighted by atomic mass is 32.1. The molecule has 2 aromatic rings. The number of thiazole rings is 1. The number of benzene rings is 1. The monoisotopic (exact) mass is 293 g/mol. The van der Waals surface area contributed by atoms with Gasteiger partial charge in [0.15, 0.2) is 0 Å². The van der Waals surface area contributed by atoms with E-state index >= 15 is 0 Å². The molecule has 0 saturated carbocycles. The summed E-state index contributed by atoms with van der Waals surface area (Å²) in [6.45, 7) is 3.06. The van der Waals surface area contributed by atoms with Crippen molar-refractivity contribution in [3.63, 3.8) is 0 Å². The molecule has 1 aromatic heterocycles. The maximum atomic E-state index is 9.28. The van der Waals surface area contributed by atoms with Gasteiger partial charge in [0, 0.05) is 13.5 Å². The zero-order valence-electron chi connectivity index (χ0n) is 11.8. The Morgan fingerprint density at radius 1 is 1.35 bits per heavy atom. The summed E-state index contributed by atoms with van der Waals surface area (Å²) in [5, 5.41) is 10.2. The molecule has 0 bridgehead atoms. The topological polar surface area (TPSA) is 51.6 Å². The molecule has 108 valence electrons. The van der Waals surface area contributed by atoms with E-state index in [9.17, 15) is 5.11 Å². The predicted molar refractivity (Wildman–Crippen MR) is 79.1 cm³/mol. The van der Waals surface area contributed by atoms with Gasteiger partial charge in [0.1, 0.15) is 5.75 Å². The quantitative estimate of drug-likeness (QED) is 0.853. The first-order chi connectivity index (χ1) is 9.72. The Balaban J connectivity index is 1.90. The zero-order chi connectivity index (χ0) is 14.4. The van der Waals surface area contributed by atoms with Gasteiger partial charge in [-0.1, -0.05) is 12.1 Å². The molecule has 0 aliphatic rings. The van der Waals surface area contributed by atoms with Crippen LogP contribution in [-0.4, -0.2) is 23.8 Å². The van der Waals surface area contributed by atoms with Gasteiger partial charge < -0.3 is 14.6 Å². The van der Waals surface area contributed by atoms with Crippen molar-refractivity contribution >= 4 is 11.3 Å². The van der Waals surface area contributed by atoms with Crippen LogP contribution >= 0.6 is 11.3 Å². The van der Waals surface area contributed by atoms with Crippen LogP contribution in [-0.2, 0) is 24.4 Å². The van der Waals surface area contributed by atoms with Gasteiger partial charge in [0.05, 0.1) is 35.4 Å². The van der Waals surface area contributed by atoms with Crippen LogP contribution in [0.5, 0.6) is 5.75 Å². The molecule has 2 rings (SSSR count). The van der Waals surface area contributed by atoms with E-state index in [1.165, 1.54) is 16.9 Å². The molecular formula is C15H19NO3S. The standard InChI is InChI=1S/C15H19NO3S/c1-11-4-3-5-12(8-11)19-7-6-15-16-13(10-18-2)14(9-17)20-15/h3-5,8,17H,6-7,9-10H2,1-2H3. The van der Waals surface area contributed by atoms with Crippen LogP contribution in [0.15, 0.2) is 24.3 Å². The minimum atomic E-state index is 0.00902. The number of methoxy groups -OCH3 is 1. The number of aromatic nitrogens is 1. The molecule has 5 heteroatoms. The zero-order valence-corrected chi connectivity index (χ0v) is 12.6. The maximum Gasteiger partial charge on any atom is 0.119 e. The average Bonchev–Trinajstić information content (AvgIpc) is 2.82. The van der Waals surface area contributed by atoms with E-state index in [4.69, 9.17) is 9.47 Å². The lowest BCUT2D eigenvalue weighted by molar-refractivity contribution is 0.178. The number of aliphatic hydroxyl groups excluding tert-OH is 1. The van der Waals surface area contributed by atoms with Gasteiger partial charge in [0.25, 0.3) is 0 Å². The molecule has 0 aliphatic carbocycles. The predicted octanol–water partition coefficient (Wildman–Crippen LogP) is 2.71. The first kappa shape index (κ1) is 15.0. The molecule has 0 atom stereocenters. The van der Waals surface area contributed by atoms with Gasteiger partial charge in [-0.25, -0.2) is 4.98 Å². The fraction of sp³-hybridized carbons (Fsp3) is 0.400. The van der Waals surface area contributed by atoms with E-state index < -0.39 is 0 Å². The summed E-state index contributed by atoms with van der Waals surface area (Å²) in [7, 11) is 1.63. The van der Waals surface area contributed by atoms with Crippen molar-refractivity contribution in [3.05, 3.63) is 45.4 Å². The molecular weight excluding hydrogens is 274 g/mol. The lowest BCUT2D eigenvalue weighted by atomic mass is 10.2. The van der Waals surface area contributed by atoms with Gasteiger partial charge in [-0.05, 0) is 24.6 Å². The first-order valence-electron chi connectivity index (χ1n) is 6.49. The molecule has 1 N–H and O–H groups in total. The molecule has 0 amide bonds. The second kappa shape index (κ2) is 7.38. The molecule has 20 heavy (non-hydrogen) atoms. The molecule has 0 aliphatic heterocycles. The Bertz CT molecular complexity index is 554. The fourth-order valence-electron chi connectivity index (χ4n) is 1.88. The summed E-state index contributed by atoms with van der Waals surface area (Å²) in [4.78, 5) is 5.35. The number of hydrogen-bond acceptors (Lipinski definition) is 5. The van der Waals surface area contributed by atoms with E-state index in [0.29, 0.717) is 13.2 Å². The van der Waals surface area contributed by atoms with Crippen LogP contribution < -0.4 is 4.74 Å². The highest BCUT2D eigenvalue weighted by Crippen LogP contribution is 2.20. The third-order valence-electron chi connectivity index (χ3n) is 2.82. The average molecular weight is 293 g/mol. The van der Waals surface area contributed by atoms with Crippen LogP contribution in [0.3, 0.4) is 0 Å². The Morgan fingerprint density at radius 2 is 2.20 bits per heavy atom. The SMILES string of the molecule is COCc1nc(CCOc2cccc(C)c2)sc1CO. The summed E-state index contributed by atoms with van der Waals surface area (Å²) < 4.78 is 10.8. The van der Waals surface area contributed by atoms with E-state index in [2.05, 4.69) is 4.98 Å². The van der Waals surface area contributed by atoms with E-state index in [-0.39, 0.29) is 6.61 Å². The number of hydrogen-bond donors (Lipinski definition) is 1. The number of aliphatic hydroxyl groups is 1. The third kappa shape index (κ3) is 4.03. The molecule has 4 nitrogen and oxygen atoms in total. The van der Waals surface area contributed by atoms with E-state index in [1.807, 2.05) is 31.2 Å². The molecule has 0 unspecified atom stereocenters. The number of ether oxygens (including phenoxy) is 2. The summed E-state index contributed by atoms with van der Waals surface area (Å²) in [5.41, 5.74) is 2.01. The summed E-state index contributed by atoms with van der Waals surface area (Å²) in [6.07, 6.45) is 0.731. The van der Waals surface area contributed by atoms with Gasteiger partial charge in [-0.3, -0.25) is 0 Å². The minimum Gasteiger partial charge on any atom is -0.493 e. The fourth-order valence-corrected chi connectivity index (χ4v) is 2.79. The highest BCUT2D eigenvalue weighted by Gasteiger charge is 2.10. The number of nitrogens with zero attached hydrogens (tertiary/aromatic N) is 1. The van der Waals surface area contributed by atoms with Gasteiger partial charge in [-0.2, -0.15) is 0 Å². The molecule has 1 aromatic carbocycles. The lowest BCUT2D eigenvalue weighted by Gasteiger charge is -2.05. The number of rotatable bonds is 7. The molecule has 0 radical (unpaired) electrons. The largest absolute Gasteiger partial charge is 0.493 e. The molecule has 1 heterocycles. The van der Waals surface area contributed by atoms with Crippen molar-refractivity contribution in [1.29, 1.82) is 0 Å². The van der Waals surface area contributed by atoms with Crippen LogP contribution in [0, 0.1) is 6.92 Å². The van der Waals surface area contributed by atoms with Crippen LogP contribution in [0.4, 0.5) is 0 Å². The van der Waals surface area contributed by atoms with Crippen molar-refractivity contribution in [2.24, 2.45) is 0 Å². The Morgan fingerprint density at radius 3 is 2.90 bits per heavy atom. The Labute approximate surface area is 123 Å². The van der Waals surface area contributed by atoms with Crippen molar-refractivity contribution in [1.82, 2.24) is 4.98 Å². The van der Waals surface area contributed by atoms with Gasteiger partial charge in [-0.15, -0.1) is 11.3 Å². The smallest absolute Gasteiger partial charge is 0.119 e. The first-order valence-corrected chi connectivity index (χ1v) is 7.31. The summed E-state index contributed by atoms with van der Waals surface area (Å²) in [6, 6.07) is 7.98. The Hall–Kier alpha value is -1.43. The summed E-state index contributed by atoms with van der Waals surface area (Å²) in [5.74, 6) is 0.876. The van der Waals surface area contributed by atoms with Crippen LogP contribution in [0.2, 0.25) is 0 Å². The highest BCUT2D eigenvalue weighted by molar-refractivity contribution is 7.11. The Kier molecular flexibility index (Phi) is 5.52. The normalized spacial score (nSPS) is 10.8. The van der Waals surface area contributed by atoms with Crippen LogP contribution in [0.25, 0.3) is 0 Å². The number of aryl methyl sites for hydroxylation is 1. The molecule has 0 saturated heterocycles.